The Bertz CT molecular complexity index is 418. The molecule has 0 aliphatic rings. The minimum atomic E-state index is -0.407. The molecule has 0 fully saturated rings. The van der Waals surface area contributed by atoms with E-state index < -0.39 is 5.97 Å². The lowest BCUT2D eigenvalue weighted by Gasteiger charge is -2.30. The van der Waals surface area contributed by atoms with Crippen LogP contribution in [0.4, 0.5) is 5.69 Å². The molecular formula is C16H25NO4. The number of esters is 1. The number of aliphatic hydroxyl groups is 1. The van der Waals surface area contributed by atoms with Crippen LogP contribution in [0.2, 0.25) is 0 Å². The van der Waals surface area contributed by atoms with Crippen LogP contribution in [0, 0.1) is 5.41 Å². The van der Waals surface area contributed by atoms with Crippen molar-refractivity contribution in [1.29, 1.82) is 0 Å². The highest BCUT2D eigenvalue weighted by Crippen LogP contribution is 2.26. The van der Waals surface area contributed by atoms with Gasteiger partial charge < -0.3 is 19.9 Å². The first kappa shape index (κ1) is 17.3. The highest BCUT2D eigenvalue weighted by atomic mass is 16.6. The van der Waals surface area contributed by atoms with Crippen LogP contribution in [0.15, 0.2) is 24.3 Å². The zero-order valence-electron chi connectivity index (χ0n) is 13.0. The van der Waals surface area contributed by atoms with Gasteiger partial charge in [-0.2, -0.15) is 0 Å². The maximum atomic E-state index is 11.0. The van der Waals surface area contributed by atoms with E-state index in [4.69, 9.17) is 4.74 Å². The van der Waals surface area contributed by atoms with Crippen molar-refractivity contribution in [3.63, 3.8) is 0 Å². The molecule has 5 nitrogen and oxygen atoms in total. The van der Waals surface area contributed by atoms with Crippen molar-refractivity contribution in [3.05, 3.63) is 24.3 Å². The van der Waals surface area contributed by atoms with E-state index in [1.54, 1.807) is 12.1 Å². The number of benzene rings is 1. The number of methoxy groups -OCH3 is 1. The SMILES string of the molecule is CCC(CC)(CO)CNc1ccc(OCC(=O)OC)cc1. The molecule has 1 rings (SSSR count). The third-order valence-corrected chi connectivity index (χ3v) is 3.94. The van der Waals surface area contributed by atoms with Gasteiger partial charge in [-0.05, 0) is 37.1 Å². The summed E-state index contributed by atoms with van der Waals surface area (Å²) < 4.78 is 9.79. The molecule has 0 saturated heterocycles. The van der Waals surface area contributed by atoms with Gasteiger partial charge in [0.2, 0.25) is 0 Å². The molecule has 2 N–H and O–H groups in total. The molecule has 0 spiro atoms. The summed E-state index contributed by atoms with van der Waals surface area (Å²) >= 11 is 0. The van der Waals surface area contributed by atoms with Gasteiger partial charge in [0.25, 0.3) is 0 Å². The number of carbonyl (C=O) groups excluding carboxylic acids is 1. The zero-order valence-corrected chi connectivity index (χ0v) is 13.0. The second-order valence-corrected chi connectivity index (χ2v) is 5.11. The van der Waals surface area contributed by atoms with Crippen molar-refractivity contribution < 1.29 is 19.4 Å². The summed E-state index contributed by atoms with van der Waals surface area (Å²) in [5, 5.41) is 12.9. The Balaban J connectivity index is 2.52. The van der Waals surface area contributed by atoms with Crippen LogP contribution < -0.4 is 10.1 Å². The van der Waals surface area contributed by atoms with Gasteiger partial charge in [0.05, 0.1) is 13.7 Å². The van der Waals surface area contributed by atoms with Crippen LogP contribution >= 0.6 is 0 Å². The summed E-state index contributed by atoms with van der Waals surface area (Å²) in [4.78, 5) is 11.0. The second-order valence-electron chi connectivity index (χ2n) is 5.11. The molecular weight excluding hydrogens is 270 g/mol. The Labute approximate surface area is 126 Å². The Morgan fingerprint density at radius 2 is 1.86 bits per heavy atom. The smallest absolute Gasteiger partial charge is 0.343 e. The summed E-state index contributed by atoms with van der Waals surface area (Å²) in [7, 11) is 1.33. The fourth-order valence-electron chi connectivity index (χ4n) is 1.94. The number of carbonyl (C=O) groups is 1. The normalized spacial score (nSPS) is 11.0. The monoisotopic (exact) mass is 295 g/mol. The minimum absolute atomic E-state index is 0.0833. The summed E-state index contributed by atoms with van der Waals surface area (Å²) in [6, 6.07) is 7.37. The first-order chi connectivity index (χ1) is 10.1. The Kier molecular flexibility index (Phi) is 7.02. The van der Waals surface area contributed by atoms with Gasteiger partial charge >= 0.3 is 5.97 Å². The lowest BCUT2D eigenvalue weighted by atomic mass is 9.83. The summed E-state index contributed by atoms with van der Waals surface area (Å²) in [6.45, 7) is 4.98. The van der Waals surface area contributed by atoms with Crippen LogP contribution in [0.5, 0.6) is 5.75 Å². The molecule has 0 aliphatic carbocycles. The van der Waals surface area contributed by atoms with Gasteiger partial charge in [0, 0.05) is 17.6 Å². The standard InChI is InChI=1S/C16H25NO4/c1-4-16(5-2,12-18)11-17-13-6-8-14(9-7-13)21-10-15(19)20-3/h6-9,17-18H,4-5,10-12H2,1-3H3. The molecule has 5 heteroatoms. The van der Waals surface area contributed by atoms with Gasteiger partial charge in [0.15, 0.2) is 6.61 Å². The summed E-state index contributed by atoms with van der Waals surface area (Å²) in [6.07, 6.45) is 1.85. The van der Waals surface area contributed by atoms with E-state index in [9.17, 15) is 9.90 Å². The second kappa shape index (κ2) is 8.52. The Hall–Kier alpha value is -1.75. The van der Waals surface area contributed by atoms with E-state index in [-0.39, 0.29) is 18.6 Å². The number of anilines is 1. The van der Waals surface area contributed by atoms with Crippen molar-refractivity contribution in [2.24, 2.45) is 5.41 Å². The van der Waals surface area contributed by atoms with Crippen LogP contribution in [-0.4, -0.2) is 37.9 Å². The van der Waals surface area contributed by atoms with Gasteiger partial charge in [-0.3, -0.25) is 0 Å². The molecule has 21 heavy (non-hydrogen) atoms. The number of ether oxygens (including phenoxy) is 2. The van der Waals surface area contributed by atoms with Crippen LogP contribution in [0.25, 0.3) is 0 Å². The van der Waals surface area contributed by atoms with E-state index in [1.807, 2.05) is 12.1 Å². The predicted octanol–water partition coefficient (Wildman–Crippen LogP) is 2.45. The first-order valence-electron chi connectivity index (χ1n) is 7.23. The van der Waals surface area contributed by atoms with Gasteiger partial charge in [-0.15, -0.1) is 0 Å². The van der Waals surface area contributed by atoms with Crippen LogP contribution in [-0.2, 0) is 9.53 Å². The largest absolute Gasteiger partial charge is 0.482 e. The zero-order chi connectivity index (χ0) is 15.7. The van der Waals surface area contributed by atoms with E-state index >= 15 is 0 Å². The van der Waals surface area contributed by atoms with Crippen molar-refractivity contribution in [1.82, 2.24) is 0 Å². The molecule has 0 bridgehead atoms. The van der Waals surface area contributed by atoms with Crippen molar-refractivity contribution >= 4 is 11.7 Å². The molecule has 118 valence electrons. The van der Waals surface area contributed by atoms with Crippen molar-refractivity contribution in [3.8, 4) is 5.75 Å². The first-order valence-corrected chi connectivity index (χ1v) is 7.23. The average molecular weight is 295 g/mol. The van der Waals surface area contributed by atoms with E-state index in [2.05, 4.69) is 23.9 Å². The molecule has 1 aromatic rings. The highest BCUT2D eigenvalue weighted by Gasteiger charge is 2.24. The molecule has 0 amide bonds. The maximum Gasteiger partial charge on any atom is 0.343 e. The number of aliphatic hydroxyl groups excluding tert-OH is 1. The number of nitrogens with one attached hydrogen (secondary N) is 1. The Morgan fingerprint density at radius 3 is 2.33 bits per heavy atom. The fourth-order valence-corrected chi connectivity index (χ4v) is 1.94. The Morgan fingerprint density at radius 1 is 1.24 bits per heavy atom. The number of hydrogen-bond donors (Lipinski definition) is 2. The molecule has 0 aliphatic heterocycles. The van der Waals surface area contributed by atoms with E-state index in [0.717, 1.165) is 25.1 Å². The lowest BCUT2D eigenvalue weighted by Crippen LogP contribution is -2.32. The molecule has 0 radical (unpaired) electrons. The number of hydrogen-bond acceptors (Lipinski definition) is 5. The number of rotatable bonds is 9. The molecule has 0 saturated carbocycles. The van der Waals surface area contributed by atoms with Crippen LogP contribution in [0.1, 0.15) is 26.7 Å². The summed E-state index contributed by atoms with van der Waals surface area (Å²) in [5.41, 5.74) is 0.875. The molecule has 0 aromatic heterocycles. The maximum absolute atomic E-state index is 11.0. The minimum Gasteiger partial charge on any atom is -0.482 e. The molecule has 0 unspecified atom stereocenters. The van der Waals surface area contributed by atoms with Gasteiger partial charge in [0.1, 0.15) is 5.75 Å². The van der Waals surface area contributed by atoms with Crippen LogP contribution in [0.3, 0.4) is 0 Å². The molecule has 1 aromatic carbocycles. The topological polar surface area (TPSA) is 67.8 Å². The third kappa shape index (κ3) is 5.27. The van der Waals surface area contributed by atoms with Gasteiger partial charge in [-0.25, -0.2) is 4.79 Å². The third-order valence-electron chi connectivity index (χ3n) is 3.94. The van der Waals surface area contributed by atoms with E-state index in [1.165, 1.54) is 7.11 Å². The van der Waals surface area contributed by atoms with Crippen molar-refractivity contribution in [2.45, 2.75) is 26.7 Å². The predicted molar refractivity (Wildman–Crippen MR) is 82.5 cm³/mol. The van der Waals surface area contributed by atoms with E-state index in [0.29, 0.717) is 5.75 Å². The lowest BCUT2D eigenvalue weighted by molar-refractivity contribution is -0.142. The molecule has 0 atom stereocenters. The summed E-state index contributed by atoms with van der Waals surface area (Å²) in [5.74, 6) is 0.209. The quantitative estimate of drug-likeness (QED) is 0.685. The fraction of sp³-hybridized carbons (Fsp3) is 0.562. The van der Waals surface area contributed by atoms with Crippen molar-refractivity contribution in [2.75, 3.05) is 32.2 Å². The molecule has 0 heterocycles. The average Bonchev–Trinajstić information content (AvgIpc) is 2.55. The highest BCUT2D eigenvalue weighted by molar-refractivity contribution is 5.70. The van der Waals surface area contributed by atoms with Gasteiger partial charge in [-0.1, -0.05) is 13.8 Å².